The van der Waals surface area contributed by atoms with Gasteiger partial charge in [0.15, 0.2) is 5.13 Å². The lowest BCUT2D eigenvalue weighted by molar-refractivity contribution is -0.138. The van der Waals surface area contributed by atoms with Crippen LogP contribution in [0.1, 0.15) is 21.6 Å². The van der Waals surface area contributed by atoms with E-state index in [-0.39, 0.29) is 17.5 Å². The fourth-order valence-corrected chi connectivity index (χ4v) is 2.36. The molecule has 1 aromatic heterocycles. The number of nitrogen functional groups attached to an aromatic ring is 1. The van der Waals surface area contributed by atoms with E-state index >= 15 is 0 Å². The Balaban J connectivity index is 2.42. The van der Waals surface area contributed by atoms with Gasteiger partial charge in [-0.1, -0.05) is 6.07 Å². The number of benzene rings is 1. The first-order valence-corrected chi connectivity index (χ1v) is 6.02. The van der Waals surface area contributed by atoms with E-state index in [0.29, 0.717) is 10.0 Å². The van der Waals surface area contributed by atoms with Crippen molar-refractivity contribution >= 4 is 16.5 Å². The number of rotatable bonds is 2. The summed E-state index contributed by atoms with van der Waals surface area (Å²) >= 11 is 1.15. The standard InChI is InChI=1S/C12H8F3N3S/c13-12(14,15)10-3-7(5-16)1-2-8(10)4-9-6-18-11(17)19-9/h1-3,6H,4H2,(H2,17,18). The molecule has 2 N–H and O–H groups in total. The molecular formula is C12H8F3N3S. The monoisotopic (exact) mass is 283 g/mol. The first-order chi connectivity index (χ1) is 8.90. The summed E-state index contributed by atoms with van der Waals surface area (Å²) in [7, 11) is 0. The number of nitrogens with zero attached hydrogens (tertiary/aromatic N) is 2. The van der Waals surface area contributed by atoms with Gasteiger partial charge in [-0.2, -0.15) is 18.4 Å². The van der Waals surface area contributed by atoms with Crippen molar-refractivity contribution in [1.29, 1.82) is 5.26 Å². The Kier molecular flexibility index (Phi) is 3.44. The van der Waals surface area contributed by atoms with Crippen LogP contribution < -0.4 is 5.73 Å². The van der Waals surface area contributed by atoms with Crippen molar-refractivity contribution in [2.45, 2.75) is 12.6 Å². The smallest absolute Gasteiger partial charge is 0.375 e. The minimum Gasteiger partial charge on any atom is -0.375 e. The molecule has 0 aliphatic carbocycles. The third kappa shape index (κ3) is 3.03. The summed E-state index contributed by atoms with van der Waals surface area (Å²) < 4.78 is 38.8. The zero-order valence-electron chi connectivity index (χ0n) is 9.53. The molecule has 19 heavy (non-hydrogen) atoms. The van der Waals surface area contributed by atoms with Crippen molar-refractivity contribution < 1.29 is 13.2 Å². The number of aromatic nitrogens is 1. The fourth-order valence-electron chi connectivity index (χ4n) is 1.66. The highest BCUT2D eigenvalue weighted by atomic mass is 32.1. The van der Waals surface area contributed by atoms with E-state index in [1.54, 1.807) is 6.07 Å². The lowest BCUT2D eigenvalue weighted by atomic mass is 10.0. The largest absolute Gasteiger partial charge is 0.416 e. The van der Waals surface area contributed by atoms with Crippen molar-refractivity contribution in [3.63, 3.8) is 0 Å². The van der Waals surface area contributed by atoms with Crippen LogP contribution >= 0.6 is 11.3 Å². The molecule has 0 bridgehead atoms. The highest BCUT2D eigenvalue weighted by Gasteiger charge is 2.33. The van der Waals surface area contributed by atoms with E-state index in [2.05, 4.69) is 4.98 Å². The fraction of sp³-hybridized carbons (Fsp3) is 0.167. The lowest BCUT2D eigenvalue weighted by Gasteiger charge is -2.12. The second-order valence-electron chi connectivity index (χ2n) is 3.82. The van der Waals surface area contributed by atoms with Crippen LogP contribution in [-0.2, 0) is 12.6 Å². The van der Waals surface area contributed by atoms with Gasteiger partial charge >= 0.3 is 6.18 Å². The Morgan fingerprint density at radius 1 is 1.37 bits per heavy atom. The van der Waals surface area contributed by atoms with E-state index in [1.165, 1.54) is 18.3 Å². The molecule has 0 spiro atoms. The van der Waals surface area contributed by atoms with E-state index in [9.17, 15) is 13.2 Å². The van der Waals surface area contributed by atoms with Crippen LogP contribution in [0.3, 0.4) is 0 Å². The molecule has 7 heteroatoms. The van der Waals surface area contributed by atoms with Gasteiger partial charge in [0.05, 0.1) is 17.2 Å². The molecule has 0 radical (unpaired) electrons. The maximum atomic E-state index is 12.9. The summed E-state index contributed by atoms with van der Waals surface area (Å²) in [6.07, 6.45) is -2.94. The number of thiazole rings is 1. The van der Waals surface area contributed by atoms with E-state index in [4.69, 9.17) is 11.0 Å². The van der Waals surface area contributed by atoms with Gasteiger partial charge in [0, 0.05) is 17.5 Å². The van der Waals surface area contributed by atoms with E-state index < -0.39 is 11.7 Å². The Labute approximate surface area is 111 Å². The summed E-state index contributed by atoms with van der Waals surface area (Å²) in [6, 6.07) is 5.25. The number of anilines is 1. The van der Waals surface area contributed by atoms with Crippen molar-refractivity contribution in [3.8, 4) is 6.07 Å². The molecule has 3 nitrogen and oxygen atoms in total. The summed E-state index contributed by atoms with van der Waals surface area (Å²) in [5, 5.41) is 8.99. The topological polar surface area (TPSA) is 62.7 Å². The predicted octanol–water partition coefficient (Wildman–Crippen LogP) is 3.21. The third-order valence-corrected chi connectivity index (χ3v) is 3.31. The van der Waals surface area contributed by atoms with Crippen LogP contribution in [0, 0.1) is 11.3 Å². The van der Waals surface area contributed by atoms with Crippen molar-refractivity contribution in [1.82, 2.24) is 4.98 Å². The Bertz CT molecular complexity index is 640. The molecule has 1 aromatic carbocycles. The molecule has 0 atom stereocenters. The number of nitrogens with two attached hydrogens (primary N) is 1. The van der Waals surface area contributed by atoms with E-state index in [1.807, 2.05) is 0 Å². The lowest BCUT2D eigenvalue weighted by Crippen LogP contribution is -2.09. The zero-order chi connectivity index (χ0) is 14.0. The van der Waals surface area contributed by atoms with Gasteiger partial charge in [-0.15, -0.1) is 11.3 Å². The molecule has 1 heterocycles. The number of nitriles is 1. The van der Waals surface area contributed by atoms with Gasteiger partial charge in [0.25, 0.3) is 0 Å². The molecule has 2 rings (SSSR count). The van der Waals surface area contributed by atoms with Crippen LogP contribution in [0.2, 0.25) is 0 Å². The minimum atomic E-state index is -4.49. The van der Waals surface area contributed by atoms with Crippen molar-refractivity contribution in [2.24, 2.45) is 0 Å². The second kappa shape index (κ2) is 4.90. The number of hydrogen-bond donors (Lipinski definition) is 1. The average molecular weight is 283 g/mol. The van der Waals surface area contributed by atoms with Crippen molar-refractivity contribution in [2.75, 3.05) is 5.73 Å². The quantitative estimate of drug-likeness (QED) is 0.920. The van der Waals surface area contributed by atoms with Gasteiger partial charge in [-0.3, -0.25) is 0 Å². The minimum absolute atomic E-state index is 0.0140. The molecule has 0 saturated carbocycles. The maximum absolute atomic E-state index is 12.9. The van der Waals surface area contributed by atoms with Gasteiger partial charge < -0.3 is 5.73 Å². The summed E-state index contributed by atoms with van der Waals surface area (Å²) in [5.41, 5.74) is 4.74. The molecule has 0 unspecified atom stereocenters. The zero-order valence-corrected chi connectivity index (χ0v) is 10.3. The summed E-state index contributed by atoms with van der Waals surface area (Å²) in [5.74, 6) is 0. The van der Waals surface area contributed by atoms with Gasteiger partial charge in [0.1, 0.15) is 0 Å². The van der Waals surface area contributed by atoms with Crippen LogP contribution in [0.4, 0.5) is 18.3 Å². The highest BCUT2D eigenvalue weighted by molar-refractivity contribution is 7.15. The number of hydrogen-bond acceptors (Lipinski definition) is 4. The molecule has 98 valence electrons. The summed E-state index contributed by atoms with van der Waals surface area (Å²) in [6.45, 7) is 0. The van der Waals surface area contributed by atoms with Crippen LogP contribution in [0.25, 0.3) is 0 Å². The molecule has 0 aliphatic rings. The van der Waals surface area contributed by atoms with Gasteiger partial charge in [-0.05, 0) is 17.7 Å². The highest BCUT2D eigenvalue weighted by Crippen LogP contribution is 2.34. The average Bonchev–Trinajstić information content (AvgIpc) is 2.74. The number of alkyl halides is 3. The Morgan fingerprint density at radius 3 is 2.63 bits per heavy atom. The second-order valence-corrected chi connectivity index (χ2v) is 4.97. The van der Waals surface area contributed by atoms with E-state index in [0.717, 1.165) is 17.4 Å². The molecule has 0 fully saturated rings. The van der Waals surface area contributed by atoms with Crippen LogP contribution in [0.5, 0.6) is 0 Å². The van der Waals surface area contributed by atoms with Gasteiger partial charge in [-0.25, -0.2) is 4.98 Å². The summed E-state index contributed by atoms with van der Waals surface area (Å²) in [4.78, 5) is 4.45. The molecule has 2 aromatic rings. The molecule has 0 saturated heterocycles. The first kappa shape index (κ1) is 13.4. The van der Waals surface area contributed by atoms with Crippen LogP contribution in [0.15, 0.2) is 24.4 Å². The first-order valence-electron chi connectivity index (χ1n) is 5.20. The Morgan fingerprint density at radius 2 is 2.11 bits per heavy atom. The SMILES string of the molecule is N#Cc1ccc(Cc2cnc(N)s2)c(C(F)(F)F)c1. The van der Waals surface area contributed by atoms with Crippen molar-refractivity contribution in [3.05, 3.63) is 46.0 Å². The molecule has 0 amide bonds. The maximum Gasteiger partial charge on any atom is 0.416 e. The Hall–Kier alpha value is -2.07. The molecule has 0 aliphatic heterocycles. The van der Waals surface area contributed by atoms with Crippen LogP contribution in [-0.4, -0.2) is 4.98 Å². The predicted molar refractivity (Wildman–Crippen MR) is 65.5 cm³/mol. The van der Waals surface area contributed by atoms with Gasteiger partial charge in [0.2, 0.25) is 0 Å². The normalized spacial score (nSPS) is 11.3. The number of halogens is 3. The third-order valence-electron chi connectivity index (χ3n) is 2.48. The molecular weight excluding hydrogens is 275 g/mol.